The van der Waals surface area contributed by atoms with Crippen LogP contribution in [0.4, 0.5) is 0 Å². The molecule has 0 amide bonds. The molecule has 30 heavy (non-hydrogen) atoms. The molecule has 0 spiro atoms. The Labute approximate surface area is 188 Å². The standard InChI is InChI=1S/C29H51N/c1-3-5-6-7-8-10-25-13-17-28(18-14-25)29(23-30)21-19-27(20-22-29)26-15-11-24(9-4-2)12-16-26/h24-28H,3-22H2,1-2H3/t24?,25?,26?,27-,28?,29-. The van der Waals surface area contributed by atoms with Gasteiger partial charge in [0.1, 0.15) is 0 Å². The van der Waals surface area contributed by atoms with Crippen LogP contribution in [0.5, 0.6) is 0 Å². The lowest BCUT2D eigenvalue weighted by Crippen LogP contribution is -2.38. The molecule has 1 nitrogen and oxygen atoms in total. The third kappa shape index (κ3) is 6.50. The van der Waals surface area contributed by atoms with E-state index in [9.17, 15) is 5.26 Å². The molecule has 0 aliphatic heterocycles. The highest BCUT2D eigenvalue weighted by atomic mass is 14.5. The maximum atomic E-state index is 10.2. The van der Waals surface area contributed by atoms with Crippen molar-refractivity contribution in [3.63, 3.8) is 0 Å². The minimum atomic E-state index is 0.0437. The predicted molar refractivity (Wildman–Crippen MR) is 129 cm³/mol. The van der Waals surface area contributed by atoms with E-state index in [0.717, 1.165) is 23.7 Å². The predicted octanol–water partition coefficient (Wildman–Crippen LogP) is 9.46. The highest BCUT2D eigenvalue weighted by molar-refractivity contribution is 5.06. The second-order valence-electron chi connectivity index (χ2n) is 11.6. The number of rotatable bonds is 10. The summed E-state index contributed by atoms with van der Waals surface area (Å²) in [6.07, 6.45) is 28.0. The first kappa shape index (κ1) is 24.1. The van der Waals surface area contributed by atoms with Crippen LogP contribution in [0.25, 0.3) is 0 Å². The van der Waals surface area contributed by atoms with Gasteiger partial charge in [0, 0.05) is 0 Å². The molecule has 0 aromatic carbocycles. The van der Waals surface area contributed by atoms with Crippen LogP contribution in [0.2, 0.25) is 0 Å². The molecule has 172 valence electrons. The fraction of sp³-hybridized carbons (Fsp3) is 0.966. The van der Waals surface area contributed by atoms with Crippen molar-refractivity contribution in [3.8, 4) is 6.07 Å². The van der Waals surface area contributed by atoms with E-state index in [0.29, 0.717) is 5.92 Å². The Hall–Kier alpha value is -0.510. The van der Waals surface area contributed by atoms with E-state index in [1.54, 1.807) is 0 Å². The SMILES string of the molecule is CCCCCCCC1CCC([C@]2(C#N)CC[C@@H](C3CCC(CCC)CC3)CC2)CC1. The van der Waals surface area contributed by atoms with E-state index in [2.05, 4.69) is 19.9 Å². The molecule has 3 saturated carbocycles. The van der Waals surface area contributed by atoms with Gasteiger partial charge in [-0.05, 0) is 81.0 Å². The van der Waals surface area contributed by atoms with Crippen LogP contribution in [0, 0.1) is 46.3 Å². The van der Waals surface area contributed by atoms with Crippen molar-refractivity contribution in [3.05, 3.63) is 0 Å². The van der Waals surface area contributed by atoms with Gasteiger partial charge in [-0.25, -0.2) is 0 Å². The summed E-state index contributed by atoms with van der Waals surface area (Å²) in [6, 6.07) is 2.92. The fourth-order valence-corrected chi connectivity index (χ4v) is 7.63. The molecule has 0 heterocycles. The Bertz CT molecular complexity index is 493. The number of unbranched alkanes of at least 4 members (excludes halogenated alkanes) is 4. The molecule has 1 heteroatoms. The quantitative estimate of drug-likeness (QED) is 0.327. The molecule has 0 aromatic heterocycles. The van der Waals surface area contributed by atoms with Crippen molar-refractivity contribution < 1.29 is 0 Å². The minimum Gasteiger partial charge on any atom is -0.198 e. The summed E-state index contributed by atoms with van der Waals surface area (Å²) in [5.41, 5.74) is 0.0437. The molecular weight excluding hydrogens is 362 g/mol. The Balaban J connectivity index is 1.39. The number of hydrogen-bond donors (Lipinski definition) is 0. The largest absolute Gasteiger partial charge is 0.198 e. The summed E-state index contributed by atoms with van der Waals surface area (Å²) in [6.45, 7) is 4.65. The Kier molecular flexibility index (Phi) is 10.1. The summed E-state index contributed by atoms with van der Waals surface area (Å²) in [5, 5.41) is 10.2. The molecule has 0 aromatic rings. The summed E-state index contributed by atoms with van der Waals surface area (Å²) >= 11 is 0. The van der Waals surface area contributed by atoms with Crippen molar-refractivity contribution in [2.75, 3.05) is 0 Å². The van der Waals surface area contributed by atoms with Crippen molar-refractivity contribution in [2.24, 2.45) is 35.0 Å². The molecule has 0 atom stereocenters. The monoisotopic (exact) mass is 413 g/mol. The second-order valence-corrected chi connectivity index (χ2v) is 11.6. The van der Waals surface area contributed by atoms with Gasteiger partial charge in [-0.2, -0.15) is 5.26 Å². The lowest BCUT2D eigenvalue weighted by Gasteiger charge is -2.46. The smallest absolute Gasteiger partial charge is 0.0692 e. The highest BCUT2D eigenvalue weighted by Gasteiger charge is 2.44. The molecular formula is C29H51N. The van der Waals surface area contributed by atoms with Gasteiger partial charge in [-0.1, -0.05) is 90.9 Å². The lowest BCUT2D eigenvalue weighted by molar-refractivity contribution is 0.0602. The van der Waals surface area contributed by atoms with Crippen LogP contribution >= 0.6 is 0 Å². The molecule has 3 fully saturated rings. The van der Waals surface area contributed by atoms with Crippen molar-refractivity contribution >= 4 is 0 Å². The zero-order chi connectivity index (χ0) is 21.2. The van der Waals surface area contributed by atoms with Crippen LogP contribution in [-0.4, -0.2) is 0 Å². The van der Waals surface area contributed by atoms with E-state index < -0.39 is 0 Å². The zero-order valence-electron chi connectivity index (χ0n) is 20.5. The number of nitriles is 1. The van der Waals surface area contributed by atoms with Gasteiger partial charge in [0.25, 0.3) is 0 Å². The maximum absolute atomic E-state index is 10.2. The van der Waals surface area contributed by atoms with Gasteiger partial charge in [-0.3, -0.25) is 0 Å². The van der Waals surface area contributed by atoms with Crippen LogP contribution in [-0.2, 0) is 0 Å². The molecule has 3 aliphatic rings. The van der Waals surface area contributed by atoms with E-state index in [1.165, 1.54) is 128 Å². The summed E-state index contributed by atoms with van der Waals surface area (Å²) in [7, 11) is 0. The molecule has 0 radical (unpaired) electrons. The molecule has 0 N–H and O–H groups in total. The van der Waals surface area contributed by atoms with Gasteiger partial charge >= 0.3 is 0 Å². The molecule has 0 saturated heterocycles. The summed E-state index contributed by atoms with van der Waals surface area (Å²) < 4.78 is 0. The first-order valence-corrected chi connectivity index (χ1v) is 14.1. The van der Waals surface area contributed by atoms with Gasteiger partial charge in [0.05, 0.1) is 11.5 Å². The molecule has 3 rings (SSSR count). The van der Waals surface area contributed by atoms with E-state index in [1.807, 2.05) is 0 Å². The Morgan fingerprint density at radius 1 is 0.633 bits per heavy atom. The number of nitrogens with zero attached hydrogens (tertiary/aromatic N) is 1. The Morgan fingerprint density at radius 2 is 1.20 bits per heavy atom. The van der Waals surface area contributed by atoms with Crippen LogP contribution in [0.15, 0.2) is 0 Å². The van der Waals surface area contributed by atoms with Crippen molar-refractivity contribution in [1.82, 2.24) is 0 Å². The zero-order valence-corrected chi connectivity index (χ0v) is 20.5. The maximum Gasteiger partial charge on any atom is 0.0692 e. The first-order chi connectivity index (χ1) is 14.7. The van der Waals surface area contributed by atoms with Gasteiger partial charge in [0.15, 0.2) is 0 Å². The van der Waals surface area contributed by atoms with Crippen LogP contribution in [0.1, 0.15) is 142 Å². The van der Waals surface area contributed by atoms with E-state index in [4.69, 9.17) is 0 Å². The van der Waals surface area contributed by atoms with Gasteiger partial charge in [0.2, 0.25) is 0 Å². The normalized spacial score (nSPS) is 37.6. The fourth-order valence-electron chi connectivity index (χ4n) is 7.63. The minimum absolute atomic E-state index is 0.0437. The summed E-state index contributed by atoms with van der Waals surface area (Å²) in [5.74, 6) is 4.62. The number of hydrogen-bond acceptors (Lipinski definition) is 1. The first-order valence-electron chi connectivity index (χ1n) is 14.1. The average Bonchev–Trinajstić information content (AvgIpc) is 2.80. The van der Waals surface area contributed by atoms with E-state index >= 15 is 0 Å². The van der Waals surface area contributed by atoms with Crippen LogP contribution in [0.3, 0.4) is 0 Å². The van der Waals surface area contributed by atoms with Gasteiger partial charge < -0.3 is 0 Å². The average molecular weight is 414 g/mol. The molecule has 0 unspecified atom stereocenters. The highest BCUT2D eigenvalue weighted by Crippen LogP contribution is 2.52. The van der Waals surface area contributed by atoms with Crippen molar-refractivity contribution in [2.45, 2.75) is 142 Å². The second kappa shape index (κ2) is 12.5. The van der Waals surface area contributed by atoms with Crippen molar-refractivity contribution in [1.29, 1.82) is 5.26 Å². The topological polar surface area (TPSA) is 23.8 Å². The third-order valence-electron chi connectivity index (χ3n) is 9.74. The molecule has 0 bridgehead atoms. The Morgan fingerprint density at radius 3 is 1.80 bits per heavy atom. The van der Waals surface area contributed by atoms with Crippen LogP contribution < -0.4 is 0 Å². The lowest BCUT2D eigenvalue weighted by atomic mass is 9.57. The van der Waals surface area contributed by atoms with E-state index in [-0.39, 0.29) is 5.41 Å². The third-order valence-corrected chi connectivity index (χ3v) is 9.74. The molecule has 3 aliphatic carbocycles. The van der Waals surface area contributed by atoms with Gasteiger partial charge in [-0.15, -0.1) is 0 Å². The summed E-state index contributed by atoms with van der Waals surface area (Å²) in [4.78, 5) is 0.